The first-order valence-electron chi connectivity index (χ1n) is 8.80. The summed E-state index contributed by atoms with van der Waals surface area (Å²) in [5.41, 5.74) is 2.28. The number of carbonyl (C=O) groups is 1. The summed E-state index contributed by atoms with van der Waals surface area (Å²) in [6.45, 7) is 2.59. The fourth-order valence-corrected chi connectivity index (χ4v) is 3.41. The fourth-order valence-electron chi connectivity index (χ4n) is 2.64. The molecule has 0 spiro atoms. The van der Waals surface area contributed by atoms with Gasteiger partial charge in [0.25, 0.3) is 5.91 Å². The smallest absolute Gasteiger partial charge is 0.280 e. The molecule has 1 aromatic carbocycles. The van der Waals surface area contributed by atoms with Crippen LogP contribution in [-0.2, 0) is 13.0 Å². The molecule has 0 unspecified atom stereocenters. The molecule has 1 amide bonds. The Morgan fingerprint density at radius 2 is 2.07 bits per heavy atom. The van der Waals surface area contributed by atoms with Gasteiger partial charge in [0, 0.05) is 18.0 Å². The topological polar surface area (TPSA) is 78.3 Å². The predicted octanol–water partition coefficient (Wildman–Crippen LogP) is 3.34. The summed E-state index contributed by atoms with van der Waals surface area (Å²) in [5, 5.41) is 4.18. The van der Waals surface area contributed by atoms with E-state index in [1.165, 1.54) is 24.6 Å². The maximum Gasteiger partial charge on any atom is 0.280 e. The third kappa shape index (κ3) is 4.64. The van der Waals surface area contributed by atoms with Crippen LogP contribution in [0.1, 0.15) is 28.5 Å². The average molecular weight is 398 g/mol. The SMILES string of the molecule is CCc1ccc(OC)c(SNC(=O)c2ccc(Cn3cccn3)c(OC)n2)c1. The zero-order chi connectivity index (χ0) is 19.9. The molecule has 8 heteroatoms. The van der Waals surface area contributed by atoms with E-state index in [0.29, 0.717) is 18.2 Å². The van der Waals surface area contributed by atoms with Crippen molar-refractivity contribution in [1.82, 2.24) is 19.5 Å². The third-order valence-corrected chi connectivity index (χ3v) is 4.97. The van der Waals surface area contributed by atoms with Crippen LogP contribution in [0.3, 0.4) is 0 Å². The Morgan fingerprint density at radius 3 is 2.75 bits per heavy atom. The molecule has 0 aliphatic rings. The highest BCUT2D eigenvalue weighted by Crippen LogP contribution is 2.29. The number of carbonyl (C=O) groups excluding carboxylic acids is 1. The number of rotatable bonds is 8. The standard InChI is InChI=1S/C20H22N4O3S/c1-4-14-6-9-17(26-2)18(12-14)28-23-19(25)16-8-7-15(20(22-16)27-3)13-24-11-5-10-21-24/h5-12H,4,13H2,1-3H3,(H,23,25). The molecule has 0 fully saturated rings. The van der Waals surface area contributed by atoms with Crippen molar-refractivity contribution in [1.29, 1.82) is 0 Å². The molecule has 2 heterocycles. The Labute approximate surface area is 168 Å². The first-order valence-corrected chi connectivity index (χ1v) is 9.61. The summed E-state index contributed by atoms with van der Waals surface area (Å²) < 4.78 is 15.3. The van der Waals surface area contributed by atoms with Crippen molar-refractivity contribution in [2.75, 3.05) is 14.2 Å². The monoisotopic (exact) mass is 398 g/mol. The maximum absolute atomic E-state index is 12.6. The van der Waals surface area contributed by atoms with Crippen LogP contribution in [0, 0.1) is 0 Å². The van der Waals surface area contributed by atoms with Crippen LogP contribution < -0.4 is 14.2 Å². The number of aryl methyl sites for hydroxylation is 1. The third-order valence-electron chi connectivity index (χ3n) is 4.15. The highest BCUT2D eigenvalue weighted by atomic mass is 32.2. The Hall–Kier alpha value is -3.00. The van der Waals surface area contributed by atoms with Crippen molar-refractivity contribution in [3.63, 3.8) is 0 Å². The number of nitrogens with one attached hydrogen (secondary N) is 1. The molecule has 2 aromatic heterocycles. The normalized spacial score (nSPS) is 10.5. The van der Waals surface area contributed by atoms with Gasteiger partial charge in [-0.3, -0.25) is 14.2 Å². The molecule has 0 saturated heterocycles. The number of nitrogens with zero attached hydrogens (tertiary/aromatic N) is 3. The Kier molecular flexibility index (Phi) is 6.54. The Morgan fingerprint density at radius 1 is 1.21 bits per heavy atom. The van der Waals surface area contributed by atoms with Crippen LogP contribution in [0.25, 0.3) is 0 Å². The first kappa shape index (κ1) is 19.8. The molecule has 146 valence electrons. The number of pyridine rings is 1. The summed E-state index contributed by atoms with van der Waals surface area (Å²) in [5.74, 6) is 0.805. The highest BCUT2D eigenvalue weighted by molar-refractivity contribution is 7.98. The average Bonchev–Trinajstić information content (AvgIpc) is 3.25. The van der Waals surface area contributed by atoms with Gasteiger partial charge in [-0.25, -0.2) is 4.98 Å². The lowest BCUT2D eigenvalue weighted by molar-refractivity contribution is 0.0978. The summed E-state index contributed by atoms with van der Waals surface area (Å²) in [4.78, 5) is 17.7. The molecule has 1 N–H and O–H groups in total. The molecule has 3 aromatic rings. The lowest BCUT2D eigenvalue weighted by Crippen LogP contribution is -2.18. The van der Waals surface area contributed by atoms with Gasteiger partial charge in [-0.15, -0.1) is 0 Å². The second-order valence-corrected chi connectivity index (χ2v) is 6.79. The first-order chi connectivity index (χ1) is 13.6. The number of amides is 1. The lowest BCUT2D eigenvalue weighted by Gasteiger charge is -2.12. The van der Waals surface area contributed by atoms with Crippen molar-refractivity contribution >= 4 is 17.9 Å². The molecule has 0 aliphatic heterocycles. The molecule has 0 atom stereocenters. The van der Waals surface area contributed by atoms with E-state index in [1.54, 1.807) is 24.1 Å². The van der Waals surface area contributed by atoms with Gasteiger partial charge in [-0.1, -0.05) is 13.0 Å². The van der Waals surface area contributed by atoms with Crippen LogP contribution in [-0.4, -0.2) is 34.9 Å². The van der Waals surface area contributed by atoms with E-state index in [-0.39, 0.29) is 11.6 Å². The largest absolute Gasteiger partial charge is 0.496 e. The van der Waals surface area contributed by atoms with E-state index >= 15 is 0 Å². The number of benzene rings is 1. The number of methoxy groups -OCH3 is 2. The summed E-state index contributed by atoms with van der Waals surface area (Å²) in [7, 11) is 3.14. The molecule has 0 bridgehead atoms. The summed E-state index contributed by atoms with van der Waals surface area (Å²) >= 11 is 1.21. The number of ether oxygens (including phenoxy) is 2. The maximum atomic E-state index is 12.6. The minimum atomic E-state index is -0.308. The second kappa shape index (κ2) is 9.27. The van der Waals surface area contributed by atoms with E-state index in [0.717, 1.165) is 16.9 Å². The van der Waals surface area contributed by atoms with Crippen LogP contribution in [0.5, 0.6) is 11.6 Å². The number of hydrogen-bond donors (Lipinski definition) is 1. The molecule has 3 rings (SSSR count). The number of aromatic nitrogens is 3. The molecule has 0 saturated carbocycles. The molecule has 0 radical (unpaired) electrons. The minimum Gasteiger partial charge on any atom is -0.496 e. The van der Waals surface area contributed by atoms with Crippen LogP contribution in [0.15, 0.2) is 53.7 Å². The van der Waals surface area contributed by atoms with Crippen LogP contribution >= 0.6 is 11.9 Å². The molecule has 0 aliphatic carbocycles. The van der Waals surface area contributed by atoms with Crippen LogP contribution in [0.4, 0.5) is 0 Å². The van der Waals surface area contributed by atoms with Crippen molar-refractivity contribution in [3.8, 4) is 11.6 Å². The quantitative estimate of drug-likeness (QED) is 0.587. The van der Waals surface area contributed by atoms with E-state index in [1.807, 2.05) is 36.5 Å². The molecular formula is C20H22N4O3S. The van der Waals surface area contributed by atoms with E-state index < -0.39 is 0 Å². The number of hydrogen-bond acceptors (Lipinski definition) is 6. The highest BCUT2D eigenvalue weighted by Gasteiger charge is 2.14. The predicted molar refractivity (Wildman–Crippen MR) is 108 cm³/mol. The van der Waals surface area contributed by atoms with Gasteiger partial charge in [-0.2, -0.15) is 5.10 Å². The van der Waals surface area contributed by atoms with Crippen LogP contribution in [0.2, 0.25) is 0 Å². The Balaban J connectivity index is 1.72. The summed E-state index contributed by atoms with van der Waals surface area (Å²) in [6, 6.07) is 11.3. The van der Waals surface area contributed by atoms with E-state index in [2.05, 4.69) is 21.7 Å². The molecule has 28 heavy (non-hydrogen) atoms. The van der Waals surface area contributed by atoms with Gasteiger partial charge in [0.2, 0.25) is 5.88 Å². The van der Waals surface area contributed by atoms with Gasteiger partial charge in [0.15, 0.2) is 0 Å². The van der Waals surface area contributed by atoms with Crippen molar-refractivity contribution in [2.24, 2.45) is 0 Å². The van der Waals surface area contributed by atoms with Gasteiger partial charge in [0.05, 0.1) is 25.7 Å². The van der Waals surface area contributed by atoms with E-state index in [4.69, 9.17) is 9.47 Å². The zero-order valence-electron chi connectivity index (χ0n) is 16.0. The second-order valence-electron chi connectivity index (χ2n) is 5.94. The molecular weight excluding hydrogens is 376 g/mol. The van der Waals surface area contributed by atoms with E-state index in [9.17, 15) is 4.79 Å². The zero-order valence-corrected chi connectivity index (χ0v) is 16.8. The summed E-state index contributed by atoms with van der Waals surface area (Å²) in [6.07, 6.45) is 4.47. The van der Waals surface area contributed by atoms with Crippen molar-refractivity contribution in [3.05, 3.63) is 65.6 Å². The Bertz CT molecular complexity index is 945. The fraction of sp³-hybridized carbons (Fsp3) is 0.250. The van der Waals surface area contributed by atoms with Gasteiger partial charge in [0.1, 0.15) is 11.4 Å². The minimum absolute atomic E-state index is 0.277. The lowest BCUT2D eigenvalue weighted by atomic mass is 10.2. The van der Waals surface area contributed by atoms with Crippen molar-refractivity contribution < 1.29 is 14.3 Å². The van der Waals surface area contributed by atoms with Gasteiger partial charge >= 0.3 is 0 Å². The van der Waals surface area contributed by atoms with Gasteiger partial charge in [-0.05, 0) is 54.3 Å². The van der Waals surface area contributed by atoms with Crippen molar-refractivity contribution in [2.45, 2.75) is 24.8 Å². The van der Waals surface area contributed by atoms with Gasteiger partial charge < -0.3 is 9.47 Å². The molecule has 7 nitrogen and oxygen atoms in total.